The number of halogens is 3. The third-order valence-corrected chi connectivity index (χ3v) is 4.29. The van der Waals surface area contributed by atoms with Crippen LogP contribution in [-0.4, -0.2) is 19.6 Å². The zero-order valence-corrected chi connectivity index (χ0v) is 12.7. The van der Waals surface area contributed by atoms with Crippen LogP contribution in [0.15, 0.2) is 24.3 Å². The summed E-state index contributed by atoms with van der Waals surface area (Å²) in [4.78, 5) is 12.4. The van der Waals surface area contributed by atoms with Gasteiger partial charge in [-0.3, -0.25) is 4.79 Å². The van der Waals surface area contributed by atoms with Crippen LogP contribution in [-0.2, 0) is 15.7 Å². The Bertz CT molecular complexity index is 538. The van der Waals surface area contributed by atoms with E-state index in [4.69, 9.17) is 4.74 Å². The molecule has 2 rings (SSSR count). The number of hydrogen-bond donors (Lipinski definition) is 1. The lowest BCUT2D eigenvalue weighted by molar-refractivity contribution is -0.143. The first-order valence-electron chi connectivity index (χ1n) is 7.26. The number of amides is 1. The van der Waals surface area contributed by atoms with E-state index in [2.05, 4.69) is 5.32 Å². The molecule has 1 aromatic carbocycles. The second kappa shape index (κ2) is 6.28. The first-order chi connectivity index (χ1) is 10.3. The summed E-state index contributed by atoms with van der Waals surface area (Å²) in [6.45, 7) is 1.87. The Morgan fingerprint density at radius 2 is 2.00 bits per heavy atom. The molecule has 1 N–H and O–H groups in total. The molecule has 122 valence electrons. The molecule has 0 aliphatic heterocycles. The molecule has 1 atom stereocenters. The van der Waals surface area contributed by atoms with Crippen LogP contribution >= 0.6 is 0 Å². The minimum absolute atomic E-state index is 0.0789. The monoisotopic (exact) mass is 315 g/mol. The Hall–Kier alpha value is -1.56. The summed E-state index contributed by atoms with van der Waals surface area (Å²) in [6, 6.07) is 4.62. The maximum Gasteiger partial charge on any atom is 0.416 e. The summed E-state index contributed by atoms with van der Waals surface area (Å²) in [6.07, 6.45) is -2.08. The number of hydrogen-bond acceptors (Lipinski definition) is 2. The third kappa shape index (κ3) is 3.27. The summed E-state index contributed by atoms with van der Waals surface area (Å²) < 4.78 is 44.2. The highest BCUT2D eigenvalue weighted by Gasteiger charge is 2.45. The van der Waals surface area contributed by atoms with E-state index in [-0.39, 0.29) is 11.5 Å². The molecule has 1 fully saturated rings. The van der Waals surface area contributed by atoms with Gasteiger partial charge in [0.1, 0.15) is 0 Å². The zero-order valence-electron chi connectivity index (χ0n) is 12.7. The van der Waals surface area contributed by atoms with Crippen LogP contribution in [0.1, 0.15) is 43.4 Å². The Morgan fingerprint density at radius 3 is 2.50 bits per heavy atom. The van der Waals surface area contributed by atoms with Gasteiger partial charge in [0.15, 0.2) is 0 Å². The lowest BCUT2D eigenvalue weighted by Gasteiger charge is -2.40. The van der Waals surface area contributed by atoms with Crippen LogP contribution in [0.25, 0.3) is 0 Å². The Balaban J connectivity index is 2.16. The molecule has 3 nitrogen and oxygen atoms in total. The summed E-state index contributed by atoms with van der Waals surface area (Å²) in [7, 11) is 1.52. The van der Waals surface area contributed by atoms with Crippen molar-refractivity contribution < 1.29 is 22.7 Å². The van der Waals surface area contributed by atoms with Crippen molar-refractivity contribution in [3.05, 3.63) is 35.4 Å². The van der Waals surface area contributed by atoms with Crippen molar-refractivity contribution in [2.45, 2.75) is 38.4 Å². The van der Waals surface area contributed by atoms with Crippen molar-refractivity contribution in [1.82, 2.24) is 5.32 Å². The van der Waals surface area contributed by atoms with Crippen LogP contribution < -0.4 is 5.32 Å². The van der Waals surface area contributed by atoms with E-state index in [9.17, 15) is 18.0 Å². The summed E-state index contributed by atoms with van der Waals surface area (Å²) in [5.41, 5.74) is -1.22. The molecule has 22 heavy (non-hydrogen) atoms. The van der Waals surface area contributed by atoms with E-state index in [0.29, 0.717) is 19.4 Å². The predicted octanol–water partition coefficient (Wildman–Crippen LogP) is 3.70. The fourth-order valence-electron chi connectivity index (χ4n) is 2.88. The first-order valence-corrected chi connectivity index (χ1v) is 7.26. The van der Waals surface area contributed by atoms with Crippen LogP contribution in [0, 0.1) is 5.41 Å². The maximum atomic E-state index is 13.0. The smallest absolute Gasteiger partial charge is 0.384 e. The number of nitrogens with one attached hydrogen (secondary N) is 1. The molecule has 0 heterocycles. The molecule has 0 spiro atoms. The number of alkyl halides is 3. The second-order valence-corrected chi connectivity index (χ2v) is 5.85. The highest BCUT2D eigenvalue weighted by atomic mass is 19.4. The normalized spacial score (nSPS) is 18.4. The standard InChI is InChI=1S/C16H20F3NO2/c1-11(12-6-3-4-7-13(12)16(17,18)19)20-14(21)15(10-22-2)8-5-9-15/h3-4,6-7,11H,5,8-10H2,1-2H3,(H,20,21)/t11-/m1/s1. The van der Waals surface area contributed by atoms with E-state index in [1.165, 1.54) is 19.2 Å². The minimum Gasteiger partial charge on any atom is -0.384 e. The van der Waals surface area contributed by atoms with Crippen molar-refractivity contribution >= 4 is 5.91 Å². The molecule has 0 unspecified atom stereocenters. The fraction of sp³-hybridized carbons (Fsp3) is 0.562. The van der Waals surface area contributed by atoms with Crippen LogP contribution in [0.2, 0.25) is 0 Å². The molecule has 0 saturated heterocycles. The highest BCUT2D eigenvalue weighted by molar-refractivity contribution is 5.84. The van der Waals surface area contributed by atoms with Gasteiger partial charge in [-0.1, -0.05) is 24.6 Å². The van der Waals surface area contributed by atoms with Crippen molar-refractivity contribution in [3.8, 4) is 0 Å². The number of carbonyl (C=O) groups excluding carboxylic acids is 1. The summed E-state index contributed by atoms with van der Waals surface area (Å²) >= 11 is 0. The highest BCUT2D eigenvalue weighted by Crippen LogP contribution is 2.42. The van der Waals surface area contributed by atoms with Gasteiger partial charge in [0, 0.05) is 7.11 Å². The minimum atomic E-state index is -4.43. The van der Waals surface area contributed by atoms with E-state index < -0.39 is 23.2 Å². The molecule has 1 aliphatic carbocycles. The van der Waals surface area contributed by atoms with Crippen molar-refractivity contribution in [2.75, 3.05) is 13.7 Å². The van der Waals surface area contributed by atoms with Crippen molar-refractivity contribution in [1.29, 1.82) is 0 Å². The molecule has 1 amide bonds. The molecule has 1 saturated carbocycles. The molecule has 0 bridgehead atoms. The number of benzene rings is 1. The molecular weight excluding hydrogens is 295 g/mol. The van der Waals surface area contributed by atoms with Gasteiger partial charge in [0.05, 0.1) is 23.6 Å². The number of carbonyl (C=O) groups is 1. The van der Waals surface area contributed by atoms with Crippen LogP contribution in [0.4, 0.5) is 13.2 Å². The van der Waals surface area contributed by atoms with Crippen molar-refractivity contribution in [3.63, 3.8) is 0 Å². The average Bonchev–Trinajstić information content (AvgIpc) is 2.41. The number of methoxy groups -OCH3 is 1. The predicted molar refractivity (Wildman–Crippen MR) is 76.2 cm³/mol. The zero-order chi connectivity index (χ0) is 16.4. The van der Waals surface area contributed by atoms with Gasteiger partial charge in [-0.2, -0.15) is 13.2 Å². The number of rotatable bonds is 5. The lowest BCUT2D eigenvalue weighted by atomic mass is 9.68. The van der Waals surface area contributed by atoms with Gasteiger partial charge in [-0.15, -0.1) is 0 Å². The summed E-state index contributed by atoms with van der Waals surface area (Å²) in [5, 5.41) is 2.72. The second-order valence-electron chi connectivity index (χ2n) is 5.85. The topological polar surface area (TPSA) is 38.3 Å². The van der Waals surface area contributed by atoms with Gasteiger partial charge < -0.3 is 10.1 Å². The first kappa shape index (κ1) is 16.8. The molecule has 0 aromatic heterocycles. The average molecular weight is 315 g/mol. The Kier molecular flexibility index (Phi) is 4.80. The Morgan fingerprint density at radius 1 is 1.36 bits per heavy atom. The molecular formula is C16H20F3NO2. The molecule has 6 heteroatoms. The van der Waals surface area contributed by atoms with Crippen LogP contribution in [0.5, 0.6) is 0 Å². The van der Waals surface area contributed by atoms with Gasteiger partial charge in [0.2, 0.25) is 5.91 Å². The van der Waals surface area contributed by atoms with Crippen molar-refractivity contribution in [2.24, 2.45) is 5.41 Å². The van der Waals surface area contributed by atoms with Gasteiger partial charge in [-0.05, 0) is 31.4 Å². The van der Waals surface area contributed by atoms with Gasteiger partial charge in [0.25, 0.3) is 0 Å². The molecule has 0 radical (unpaired) electrons. The Labute approximate surface area is 127 Å². The lowest BCUT2D eigenvalue weighted by Crippen LogP contribution is -2.49. The van der Waals surface area contributed by atoms with E-state index >= 15 is 0 Å². The molecule has 1 aliphatic rings. The van der Waals surface area contributed by atoms with Gasteiger partial charge >= 0.3 is 6.18 Å². The third-order valence-electron chi connectivity index (χ3n) is 4.29. The van der Waals surface area contributed by atoms with E-state index in [1.807, 2.05) is 0 Å². The fourth-order valence-corrected chi connectivity index (χ4v) is 2.88. The maximum absolute atomic E-state index is 13.0. The van der Waals surface area contributed by atoms with Gasteiger partial charge in [-0.25, -0.2) is 0 Å². The SMILES string of the molecule is COCC1(C(=O)N[C@H](C)c2ccccc2C(F)(F)F)CCC1. The molecule has 1 aromatic rings. The number of ether oxygens (including phenoxy) is 1. The summed E-state index contributed by atoms with van der Waals surface area (Å²) in [5.74, 6) is -0.231. The quantitative estimate of drug-likeness (QED) is 0.900. The van der Waals surface area contributed by atoms with E-state index in [0.717, 1.165) is 12.5 Å². The van der Waals surface area contributed by atoms with Crippen LogP contribution in [0.3, 0.4) is 0 Å². The largest absolute Gasteiger partial charge is 0.416 e. The van der Waals surface area contributed by atoms with E-state index in [1.54, 1.807) is 13.0 Å².